The van der Waals surface area contributed by atoms with Crippen LogP contribution in [-0.2, 0) is 16.0 Å². The van der Waals surface area contributed by atoms with Crippen LogP contribution in [-0.4, -0.2) is 39.9 Å². The van der Waals surface area contributed by atoms with Crippen LogP contribution >= 0.6 is 0 Å². The van der Waals surface area contributed by atoms with E-state index in [1.807, 2.05) is 0 Å². The Morgan fingerprint density at radius 3 is 2.71 bits per heavy atom. The van der Waals surface area contributed by atoms with Gasteiger partial charge in [0, 0.05) is 25.2 Å². The molecule has 7 heteroatoms. The summed E-state index contributed by atoms with van der Waals surface area (Å²) in [4.78, 5) is 34.9. The number of hydrogen-bond donors (Lipinski definition) is 1. The summed E-state index contributed by atoms with van der Waals surface area (Å²) in [6.45, 7) is 2.41. The number of carboxylic acids is 1. The van der Waals surface area contributed by atoms with Crippen LogP contribution in [0.1, 0.15) is 12.5 Å². The summed E-state index contributed by atoms with van der Waals surface area (Å²) < 4.78 is 0. The molecule has 0 unspecified atom stereocenters. The van der Waals surface area contributed by atoms with Crippen molar-refractivity contribution in [1.82, 2.24) is 4.90 Å². The number of rotatable bonds is 4. The Morgan fingerprint density at radius 1 is 1.43 bits per heavy atom. The number of likely N-dealkylation sites (tertiary alicyclic amines) is 1. The van der Waals surface area contributed by atoms with Gasteiger partial charge in [-0.1, -0.05) is 19.1 Å². The molecule has 0 aromatic heterocycles. The van der Waals surface area contributed by atoms with E-state index in [-0.39, 0.29) is 30.5 Å². The van der Waals surface area contributed by atoms with Crippen molar-refractivity contribution in [3.05, 3.63) is 39.9 Å². The number of carbonyl (C=O) groups excluding carboxylic acids is 1. The highest BCUT2D eigenvalue weighted by Crippen LogP contribution is 2.24. The zero-order valence-electron chi connectivity index (χ0n) is 11.6. The maximum Gasteiger partial charge on any atom is 0.308 e. The molecule has 7 nitrogen and oxygen atoms in total. The zero-order chi connectivity index (χ0) is 15.6. The molecule has 1 aromatic rings. The van der Waals surface area contributed by atoms with E-state index < -0.39 is 16.8 Å². The summed E-state index contributed by atoms with van der Waals surface area (Å²) in [6.07, 6.45) is 0.0424. The van der Waals surface area contributed by atoms with Gasteiger partial charge in [0.25, 0.3) is 5.69 Å². The van der Waals surface area contributed by atoms with Gasteiger partial charge in [-0.25, -0.2) is 0 Å². The van der Waals surface area contributed by atoms with E-state index >= 15 is 0 Å². The fourth-order valence-corrected chi connectivity index (χ4v) is 2.56. The van der Waals surface area contributed by atoms with E-state index in [1.165, 1.54) is 23.1 Å². The minimum absolute atomic E-state index is 0.0424. The minimum atomic E-state index is -0.895. The lowest BCUT2D eigenvalue weighted by molar-refractivity contribution is -0.384. The van der Waals surface area contributed by atoms with Crippen LogP contribution in [0.2, 0.25) is 0 Å². The second-order valence-electron chi connectivity index (χ2n) is 5.32. The summed E-state index contributed by atoms with van der Waals surface area (Å²) in [5.74, 6) is -1.73. The van der Waals surface area contributed by atoms with Gasteiger partial charge in [0.15, 0.2) is 0 Å². The lowest BCUT2D eigenvalue weighted by atomic mass is 9.99. The number of carbonyl (C=O) groups is 2. The molecule has 112 valence electrons. The van der Waals surface area contributed by atoms with Crippen molar-refractivity contribution in [2.75, 3.05) is 13.1 Å². The topological polar surface area (TPSA) is 101 Å². The average Bonchev–Trinajstić information content (AvgIpc) is 2.81. The van der Waals surface area contributed by atoms with Crippen molar-refractivity contribution in [2.45, 2.75) is 13.3 Å². The lowest BCUT2D eigenvalue weighted by Gasteiger charge is -2.15. The predicted molar refractivity (Wildman–Crippen MR) is 73.7 cm³/mol. The van der Waals surface area contributed by atoms with Crippen molar-refractivity contribution >= 4 is 17.6 Å². The van der Waals surface area contributed by atoms with Crippen molar-refractivity contribution in [3.8, 4) is 0 Å². The van der Waals surface area contributed by atoms with Gasteiger partial charge in [-0.05, 0) is 11.5 Å². The van der Waals surface area contributed by atoms with E-state index in [9.17, 15) is 19.7 Å². The third-order valence-electron chi connectivity index (χ3n) is 3.76. The fourth-order valence-electron chi connectivity index (χ4n) is 2.56. The first-order valence-corrected chi connectivity index (χ1v) is 6.62. The summed E-state index contributed by atoms with van der Waals surface area (Å²) >= 11 is 0. The number of nitrogens with zero attached hydrogens (tertiary/aromatic N) is 2. The molecule has 1 aliphatic rings. The Kier molecular flexibility index (Phi) is 4.21. The van der Waals surface area contributed by atoms with Crippen LogP contribution in [0.15, 0.2) is 24.3 Å². The Morgan fingerprint density at radius 2 is 2.14 bits per heavy atom. The van der Waals surface area contributed by atoms with Gasteiger partial charge >= 0.3 is 5.97 Å². The SMILES string of the molecule is C[C@@H]1CN(C(=O)Cc2cccc([N+](=O)[O-])c2)C[C@H]1C(=O)O. The normalized spacial score (nSPS) is 21.3. The summed E-state index contributed by atoms with van der Waals surface area (Å²) in [7, 11) is 0. The molecule has 2 atom stereocenters. The van der Waals surface area contributed by atoms with E-state index in [1.54, 1.807) is 13.0 Å². The number of hydrogen-bond acceptors (Lipinski definition) is 4. The molecule has 21 heavy (non-hydrogen) atoms. The van der Waals surface area contributed by atoms with Crippen LogP contribution in [0.4, 0.5) is 5.69 Å². The van der Waals surface area contributed by atoms with Crippen LogP contribution in [0, 0.1) is 22.0 Å². The largest absolute Gasteiger partial charge is 0.481 e. The molecule has 0 aliphatic carbocycles. The van der Waals surface area contributed by atoms with Crippen molar-refractivity contribution < 1.29 is 19.6 Å². The highest BCUT2D eigenvalue weighted by atomic mass is 16.6. The monoisotopic (exact) mass is 292 g/mol. The molecule has 0 spiro atoms. The third kappa shape index (κ3) is 3.36. The smallest absolute Gasteiger partial charge is 0.308 e. The van der Waals surface area contributed by atoms with Gasteiger partial charge in [-0.15, -0.1) is 0 Å². The highest BCUT2D eigenvalue weighted by molar-refractivity contribution is 5.81. The molecular weight excluding hydrogens is 276 g/mol. The summed E-state index contributed by atoms with van der Waals surface area (Å²) in [6, 6.07) is 5.92. The highest BCUT2D eigenvalue weighted by Gasteiger charge is 2.36. The third-order valence-corrected chi connectivity index (χ3v) is 3.76. The molecule has 1 aliphatic heterocycles. The quantitative estimate of drug-likeness (QED) is 0.666. The average molecular weight is 292 g/mol. The molecular formula is C14H16N2O5. The Balaban J connectivity index is 2.04. The molecule has 0 saturated carbocycles. The second kappa shape index (κ2) is 5.90. The number of nitro groups is 1. The van der Waals surface area contributed by atoms with Gasteiger partial charge < -0.3 is 10.0 Å². The standard InChI is InChI=1S/C14H16N2O5/c1-9-7-15(8-12(9)14(18)19)13(17)6-10-3-2-4-11(5-10)16(20)21/h2-5,9,12H,6-8H2,1H3,(H,18,19)/t9-,12-/m1/s1. The maximum absolute atomic E-state index is 12.2. The van der Waals surface area contributed by atoms with E-state index in [4.69, 9.17) is 5.11 Å². The molecule has 0 radical (unpaired) electrons. The molecule has 1 amide bonds. The lowest BCUT2D eigenvalue weighted by Crippen LogP contribution is -2.31. The summed E-state index contributed by atoms with van der Waals surface area (Å²) in [5, 5.41) is 19.8. The maximum atomic E-state index is 12.2. The number of benzene rings is 1. The molecule has 1 fully saturated rings. The van der Waals surface area contributed by atoms with Crippen molar-refractivity contribution in [3.63, 3.8) is 0 Å². The number of non-ortho nitro benzene ring substituents is 1. The van der Waals surface area contributed by atoms with Gasteiger partial charge in [0.1, 0.15) is 0 Å². The molecule has 1 aromatic carbocycles. The van der Waals surface area contributed by atoms with E-state index in [2.05, 4.69) is 0 Å². The molecule has 0 bridgehead atoms. The van der Waals surface area contributed by atoms with Gasteiger partial charge in [-0.2, -0.15) is 0 Å². The first kappa shape index (κ1) is 15.0. The van der Waals surface area contributed by atoms with Crippen LogP contribution in [0.3, 0.4) is 0 Å². The van der Waals surface area contributed by atoms with E-state index in [0.717, 1.165) is 0 Å². The zero-order valence-corrected chi connectivity index (χ0v) is 11.6. The fraction of sp³-hybridized carbons (Fsp3) is 0.429. The number of nitro benzene ring substituents is 1. The van der Waals surface area contributed by atoms with Crippen LogP contribution in [0.25, 0.3) is 0 Å². The predicted octanol–water partition coefficient (Wildman–Crippen LogP) is 1.32. The number of carboxylic acid groups (broad SMARTS) is 1. The number of amides is 1. The summed E-state index contributed by atoms with van der Waals surface area (Å²) in [5.41, 5.74) is 0.499. The van der Waals surface area contributed by atoms with Crippen molar-refractivity contribution in [2.24, 2.45) is 11.8 Å². The van der Waals surface area contributed by atoms with Gasteiger partial charge in [0.2, 0.25) is 5.91 Å². The van der Waals surface area contributed by atoms with Gasteiger partial charge in [0.05, 0.1) is 17.3 Å². The Labute approximate surface area is 121 Å². The van der Waals surface area contributed by atoms with Crippen LogP contribution < -0.4 is 0 Å². The first-order valence-electron chi connectivity index (χ1n) is 6.62. The van der Waals surface area contributed by atoms with E-state index in [0.29, 0.717) is 12.1 Å². The Bertz CT molecular complexity index is 586. The molecule has 2 rings (SSSR count). The minimum Gasteiger partial charge on any atom is -0.481 e. The first-order chi connectivity index (χ1) is 9.88. The van der Waals surface area contributed by atoms with Crippen molar-refractivity contribution in [1.29, 1.82) is 0 Å². The molecule has 1 N–H and O–H groups in total. The second-order valence-corrected chi connectivity index (χ2v) is 5.32. The Hall–Kier alpha value is -2.44. The molecule has 1 heterocycles. The number of aliphatic carboxylic acids is 1. The van der Waals surface area contributed by atoms with Crippen LogP contribution in [0.5, 0.6) is 0 Å². The molecule has 1 saturated heterocycles. The van der Waals surface area contributed by atoms with Gasteiger partial charge in [-0.3, -0.25) is 19.7 Å².